The smallest absolute Gasteiger partial charge is 0.242 e. The second kappa shape index (κ2) is 8.14. The lowest BCUT2D eigenvalue weighted by molar-refractivity contribution is -0.125. The molecule has 1 atom stereocenters. The number of aryl methyl sites for hydroxylation is 2. The molecule has 27 heavy (non-hydrogen) atoms. The van der Waals surface area contributed by atoms with E-state index < -0.39 is 0 Å². The van der Waals surface area contributed by atoms with Crippen LogP contribution in [0.5, 0.6) is 0 Å². The normalized spacial score (nSPS) is 12.2. The molecule has 3 rings (SSSR count). The highest BCUT2D eigenvalue weighted by Crippen LogP contribution is 2.20. The Bertz CT molecular complexity index is 899. The summed E-state index contributed by atoms with van der Waals surface area (Å²) in [6.45, 7) is 4.25. The van der Waals surface area contributed by atoms with Gasteiger partial charge >= 0.3 is 0 Å². The zero-order chi connectivity index (χ0) is 19.4. The highest BCUT2D eigenvalue weighted by Gasteiger charge is 2.22. The number of carbonyl (C=O) groups is 1. The molecule has 0 spiro atoms. The summed E-state index contributed by atoms with van der Waals surface area (Å²) in [5.74, 6) is 1.07. The Morgan fingerprint density at radius 1 is 1.07 bits per heavy atom. The standard InChI is InChI=1S/C21H24N4O2/c1-14-5-9-17(10-6-14)19(25(3)4)21(26)22-13-16-7-11-18(12-8-16)20-23-15(2)27-24-20/h5-12,19H,13H2,1-4H3,(H,22,26)/t19-/m0/s1. The van der Waals surface area contributed by atoms with Crippen LogP contribution < -0.4 is 5.32 Å². The minimum absolute atomic E-state index is 0.0262. The van der Waals surface area contributed by atoms with Gasteiger partial charge in [-0.25, -0.2) is 0 Å². The summed E-state index contributed by atoms with van der Waals surface area (Å²) in [6, 6.07) is 15.5. The summed E-state index contributed by atoms with van der Waals surface area (Å²) < 4.78 is 5.00. The Kier molecular flexibility index (Phi) is 5.66. The number of rotatable bonds is 6. The Morgan fingerprint density at radius 3 is 2.30 bits per heavy atom. The van der Waals surface area contributed by atoms with Gasteiger partial charge in [-0.2, -0.15) is 4.98 Å². The van der Waals surface area contributed by atoms with Gasteiger partial charge in [0.05, 0.1) is 0 Å². The molecule has 0 bridgehead atoms. The highest BCUT2D eigenvalue weighted by atomic mass is 16.5. The molecule has 2 aromatic carbocycles. The number of benzene rings is 2. The molecule has 0 aliphatic carbocycles. The van der Waals surface area contributed by atoms with Gasteiger partial charge in [0, 0.05) is 19.0 Å². The minimum Gasteiger partial charge on any atom is -0.350 e. The van der Waals surface area contributed by atoms with Gasteiger partial charge in [0.2, 0.25) is 17.6 Å². The van der Waals surface area contributed by atoms with Crippen molar-refractivity contribution in [2.75, 3.05) is 14.1 Å². The third-order valence-corrected chi connectivity index (χ3v) is 4.36. The first kappa shape index (κ1) is 18.8. The molecular weight excluding hydrogens is 340 g/mol. The Hall–Kier alpha value is -2.99. The van der Waals surface area contributed by atoms with Gasteiger partial charge in [0.25, 0.3) is 0 Å². The number of hydrogen-bond acceptors (Lipinski definition) is 5. The molecule has 0 aliphatic heterocycles. The van der Waals surface area contributed by atoms with Crippen LogP contribution in [0, 0.1) is 13.8 Å². The average Bonchev–Trinajstić information content (AvgIpc) is 3.08. The fourth-order valence-electron chi connectivity index (χ4n) is 2.91. The van der Waals surface area contributed by atoms with E-state index in [1.807, 2.05) is 74.4 Å². The topological polar surface area (TPSA) is 71.3 Å². The van der Waals surface area contributed by atoms with Crippen LogP contribution in [-0.2, 0) is 11.3 Å². The summed E-state index contributed by atoms with van der Waals surface area (Å²) in [4.78, 5) is 18.9. The van der Waals surface area contributed by atoms with Gasteiger partial charge in [-0.3, -0.25) is 9.69 Å². The van der Waals surface area contributed by atoms with E-state index in [1.54, 1.807) is 6.92 Å². The molecular formula is C21H24N4O2. The predicted octanol–water partition coefficient (Wildman–Crippen LogP) is 3.27. The van der Waals surface area contributed by atoms with E-state index in [2.05, 4.69) is 15.5 Å². The van der Waals surface area contributed by atoms with Crippen molar-refractivity contribution in [3.63, 3.8) is 0 Å². The number of likely N-dealkylation sites (N-methyl/N-ethyl adjacent to an activating group) is 1. The molecule has 1 heterocycles. The van der Waals surface area contributed by atoms with E-state index in [9.17, 15) is 4.79 Å². The van der Waals surface area contributed by atoms with Gasteiger partial charge in [-0.05, 0) is 32.1 Å². The Morgan fingerprint density at radius 2 is 1.74 bits per heavy atom. The quantitative estimate of drug-likeness (QED) is 0.727. The van der Waals surface area contributed by atoms with Crippen LogP contribution in [0.2, 0.25) is 0 Å². The number of nitrogens with one attached hydrogen (secondary N) is 1. The van der Waals surface area contributed by atoms with Crippen LogP contribution in [0.3, 0.4) is 0 Å². The van der Waals surface area contributed by atoms with Gasteiger partial charge in [-0.1, -0.05) is 59.3 Å². The van der Waals surface area contributed by atoms with Gasteiger partial charge < -0.3 is 9.84 Å². The summed E-state index contributed by atoms with van der Waals surface area (Å²) in [7, 11) is 3.82. The van der Waals surface area contributed by atoms with Gasteiger partial charge in [0.1, 0.15) is 6.04 Å². The van der Waals surface area contributed by atoms with E-state index in [4.69, 9.17) is 4.52 Å². The van der Waals surface area contributed by atoms with Crippen molar-refractivity contribution in [1.29, 1.82) is 0 Å². The molecule has 0 aliphatic rings. The molecule has 0 unspecified atom stereocenters. The van der Waals surface area contributed by atoms with E-state index in [0.29, 0.717) is 18.3 Å². The van der Waals surface area contributed by atoms with E-state index in [1.165, 1.54) is 5.56 Å². The molecule has 0 fully saturated rings. The highest BCUT2D eigenvalue weighted by molar-refractivity contribution is 5.83. The lowest BCUT2D eigenvalue weighted by Crippen LogP contribution is -2.36. The minimum atomic E-state index is -0.327. The fraction of sp³-hybridized carbons (Fsp3) is 0.286. The Balaban J connectivity index is 1.65. The van der Waals surface area contributed by atoms with E-state index in [-0.39, 0.29) is 11.9 Å². The number of aromatic nitrogens is 2. The van der Waals surface area contributed by atoms with Crippen molar-refractivity contribution in [1.82, 2.24) is 20.4 Å². The first-order valence-electron chi connectivity index (χ1n) is 8.84. The molecule has 0 saturated heterocycles. The summed E-state index contributed by atoms with van der Waals surface area (Å²) in [5, 5.41) is 6.94. The summed E-state index contributed by atoms with van der Waals surface area (Å²) >= 11 is 0. The van der Waals surface area contributed by atoms with Crippen LogP contribution in [0.1, 0.15) is 28.6 Å². The van der Waals surface area contributed by atoms with Crippen molar-refractivity contribution in [3.8, 4) is 11.4 Å². The number of amides is 1. The zero-order valence-corrected chi connectivity index (χ0v) is 16.1. The maximum absolute atomic E-state index is 12.7. The molecule has 1 amide bonds. The van der Waals surface area contributed by atoms with Crippen molar-refractivity contribution >= 4 is 5.91 Å². The maximum atomic E-state index is 12.7. The van der Waals surface area contributed by atoms with Crippen LogP contribution in [0.4, 0.5) is 0 Å². The molecule has 140 valence electrons. The molecule has 3 aromatic rings. The fourth-order valence-corrected chi connectivity index (χ4v) is 2.91. The van der Waals surface area contributed by atoms with Crippen LogP contribution in [0.25, 0.3) is 11.4 Å². The second-order valence-corrected chi connectivity index (χ2v) is 6.83. The van der Waals surface area contributed by atoms with Crippen molar-refractivity contribution in [2.24, 2.45) is 0 Å². The number of carbonyl (C=O) groups excluding carboxylic acids is 1. The Labute approximate surface area is 159 Å². The molecule has 6 heteroatoms. The van der Waals surface area contributed by atoms with Crippen LogP contribution >= 0.6 is 0 Å². The monoisotopic (exact) mass is 364 g/mol. The molecule has 1 aromatic heterocycles. The first-order valence-corrected chi connectivity index (χ1v) is 8.84. The molecule has 1 N–H and O–H groups in total. The van der Waals surface area contributed by atoms with Gasteiger partial charge in [0.15, 0.2) is 0 Å². The van der Waals surface area contributed by atoms with Crippen molar-refractivity contribution in [3.05, 3.63) is 71.1 Å². The average molecular weight is 364 g/mol. The first-order chi connectivity index (χ1) is 12.9. The van der Waals surface area contributed by atoms with Crippen molar-refractivity contribution in [2.45, 2.75) is 26.4 Å². The van der Waals surface area contributed by atoms with Crippen LogP contribution in [0.15, 0.2) is 53.1 Å². The lowest BCUT2D eigenvalue weighted by Gasteiger charge is -2.24. The third-order valence-electron chi connectivity index (χ3n) is 4.36. The third kappa shape index (κ3) is 4.60. The SMILES string of the molecule is Cc1ccc([C@@H](C(=O)NCc2ccc(-c3noc(C)n3)cc2)N(C)C)cc1. The molecule has 6 nitrogen and oxygen atoms in total. The zero-order valence-electron chi connectivity index (χ0n) is 16.1. The maximum Gasteiger partial charge on any atom is 0.242 e. The summed E-state index contributed by atoms with van der Waals surface area (Å²) in [5.41, 5.74) is 4.04. The molecule has 0 radical (unpaired) electrons. The van der Waals surface area contributed by atoms with Crippen LogP contribution in [-0.4, -0.2) is 35.0 Å². The predicted molar refractivity (Wildman–Crippen MR) is 104 cm³/mol. The molecule has 0 saturated carbocycles. The summed E-state index contributed by atoms with van der Waals surface area (Å²) in [6.07, 6.45) is 0. The van der Waals surface area contributed by atoms with Gasteiger partial charge in [-0.15, -0.1) is 0 Å². The lowest BCUT2D eigenvalue weighted by atomic mass is 10.0. The van der Waals surface area contributed by atoms with E-state index in [0.717, 1.165) is 16.7 Å². The van der Waals surface area contributed by atoms with E-state index >= 15 is 0 Å². The second-order valence-electron chi connectivity index (χ2n) is 6.83. The van der Waals surface area contributed by atoms with Crippen molar-refractivity contribution < 1.29 is 9.32 Å². The number of hydrogen-bond donors (Lipinski definition) is 1. The number of nitrogens with zero attached hydrogens (tertiary/aromatic N) is 3. The largest absolute Gasteiger partial charge is 0.350 e.